The summed E-state index contributed by atoms with van der Waals surface area (Å²) in [6.07, 6.45) is 6.13. The minimum atomic E-state index is -5.08. The van der Waals surface area contributed by atoms with E-state index >= 15 is 0 Å². The monoisotopic (exact) mass is 496 g/mol. The first-order valence-electron chi connectivity index (χ1n) is 12.4. The van der Waals surface area contributed by atoms with E-state index in [2.05, 4.69) is 9.88 Å². The lowest BCUT2D eigenvalue weighted by Crippen LogP contribution is -2.70. The highest BCUT2D eigenvalue weighted by atomic mass is 19.4. The van der Waals surface area contributed by atoms with E-state index in [1.54, 1.807) is 6.20 Å². The molecule has 4 aliphatic carbocycles. The first kappa shape index (κ1) is 24.3. The number of aromatic nitrogens is 1. The lowest BCUT2D eigenvalue weighted by atomic mass is 9.49. The van der Waals surface area contributed by atoms with E-state index in [-0.39, 0.29) is 17.1 Å². The van der Waals surface area contributed by atoms with Crippen LogP contribution in [-0.4, -0.2) is 64.4 Å². The number of hydrogen-bond acceptors (Lipinski definition) is 5. The lowest BCUT2D eigenvalue weighted by Gasteiger charge is -2.60. The Labute approximate surface area is 202 Å². The molecule has 1 N–H and O–H groups in total. The van der Waals surface area contributed by atoms with Crippen molar-refractivity contribution in [2.45, 2.75) is 69.2 Å². The van der Waals surface area contributed by atoms with Crippen LogP contribution in [-0.2, 0) is 14.3 Å². The number of amides is 1. The van der Waals surface area contributed by atoms with Gasteiger partial charge in [-0.1, -0.05) is 6.07 Å². The van der Waals surface area contributed by atoms with Crippen molar-refractivity contribution < 1.29 is 37.3 Å². The van der Waals surface area contributed by atoms with Crippen LogP contribution >= 0.6 is 0 Å². The van der Waals surface area contributed by atoms with E-state index in [0.717, 1.165) is 62.9 Å². The van der Waals surface area contributed by atoms with Crippen molar-refractivity contribution in [3.63, 3.8) is 0 Å². The molecule has 1 atom stereocenters. The van der Waals surface area contributed by atoms with Crippen LogP contribution in [0.1, 0.15) is 51.4 Å². The fourth-order valence-corrected chi connectivity index (χ4v) is 7.39. The van der Waals surface area contributed by atoms with Crippen molar-refractivity contribution >= 4 is 11.9 Å². The standard InChI is InChI=1S/C23H30N2O3.C2HF3O2/c26-21(22-10-16-7-17(11-22)9-18(8-16)12-22)25-14-23(15-25)13-19(4-6-27-23)28-20-3-1-2-5-24-20;3-2(4,5)1(6)7/h1-3,5,16-19H,4,6-15H2;(H,6,7). The summed E-state index contributed by atoms with van der Waals surface area (Å²) >= 11 is 0. The molecular formula is C25H31F3N2O5. The topological polar surface area (TPSA) is 89.0 Å². The van der Waals surface area contributed by atoms with Crippen molar-refractivity contribution in [2.75, 3.05) is 19.7 Å². The van der Waals surface area contributed by atoms with Gasteiger partial charge in [-0.15, -0.1) is 0 Å². The summed E-state index contributed by atoms with van der Waals surface area (Å²) in [5.74, 6) is 0.805. The molecule has 1 unspecified atom stereocenters. The van der Waals surface area contributed by atoms with Crippen LogP contribution in [0.5, 0.6) is 5.88 Å². The van der Waals surface area contributed by atoms with Gasteiger partial charge in [0.25, 0.3) is 0 Å². The van der Waals surface area contributed by atoms with Crippen molar-refractivity contribution in [3.05, 3.63) is 24.4 Å². The van der Waals surface area contributed by atoms with Crippen LogP contribution in [0.2, 0.25) is 0 Å². The molecule has 1 aromatic heterocycles. The number of alkyl halides is 3. The lowest BCUT2D eigenvalue weighted by molar-refractivity contribution is -0.205. The van der Waals surface area contributed by atoms with Gasteiger partial charge in [-0.05, 0) is 62.3 Å². The Morgan fingerprint density at radius 3 is 2.17 bits per heavy atom. The van der Waals surface area contributed by atoms with Crippen LogP contribution in [0.25, 0.3) is 0 Å². The third-order valence-electron chi connectivity index (χ3n) is 8.35. The van der Waals surface area contributed by atoms with Gasteiger partial charge in [-0.2, -0.15) is 13.2 Å². The SMILES string of the molecule is O=C(N1CC2(CC(Oc3ccccn3)CCO2)C1)C12CC3CC(CC(C3)C1)C2.O=C(O)C(F)(F)F. The predicted octanol–water partition coefficient (Wildman–Crippen LogP) is 4.07. The Morgan fingerprint density at radius 1 is 1.06 bits per heavy atom. The molecule has 4 bridgehead atoms. The van der Waals surface area contributed by atoms with Crippen LogP contribution in [0.3, 0.4) is 0 Å². The number of hydrogen-bond donors (Lipinski definition) is 1. The average Bonchev–Trinajstić information content (AvgIpc) is 2.77. The van der Waals surface area contributed by atoms with E-state index in [0.29, 0.717) is 18.4 Å². The quantitative estimate of drug-likeness (QED) is 0.679. The van der Waals surface area contributed by atoms with Crippen LogP contribution < -0.4 is 4.74 Å². The molecule has 2 saturated heterocycles. The molecule has 10 heteroatoms. The minimum absolute atomic E-state index is 0.0329. The van der Waals surface area contributed by atoms with Gasteiger partial charge in [0.15, 0.2) is 0 Å². The Morgan fingerprint density at radius 2 is 1.66 bits per heavy atom. The van der Waals surface area contributed by atoms with E-state index in [4.69, 9.17) is 19.4 Å². The number of rotatable bonds is 3. The van der Waals surface area contributed by atoms with Gasteiger partial charge in [0, 0.05) is 25.1 Å². The van der Waals surface area contributed by atoms with Gasteiger partial charge >= 0.3 is 12.1 Å². The van der Waals surface area contributed by atoms with Gasteiger partial charge in [-0.3, -0.25) is 4.79 Å². The smallest absolute Gasteiger partial charge is 0.475 e. The number of pyridine rings is 1. The molecule has 7 nitrogen and oxygen atoms in total. The molecule has 1 aromatic rings. The highest BCUT2D eigenvalue weighted by Gasteiger charge is 2.59. The van der Waals surface area contributed by atoms with Crippen molar-refractivity contribution in [2.24, 2.45) is 23.2 Å². The number of carbonyl (C=O) groups is 2. The molecule has 3 heterocycles. The Bertz CT molecular complexity index is 913. The van der Waals surface area contributed by atoms with Gasteiger partial charge in [0.2, 0.25) is 11.8 Å². The maximum absolute atomic E-state index is 13.5. The summed E-state index contributed by atoms with van der Waals surface area (Å²) in [5.41, 5.74) is -0.232. The third kappa shape index (κ3) is 4.99. The molecule has 1 amide bonds. The number of halogens is 3. The first-order valence-corrected chi connectivity index (χ1v) is 12.4. The highest BCUT2D eigenvalue weighted by Crippen LogP contribution is 2.61. The zero-order valence-corrected chi connectivity index (χ0v) is 19.5. The van der Waals surface area contributed by atoms with Gasteiger partial charge in [0.05, 0.1) is 25.1 Å². The molecule has 4 saturated carbocycles. The average molecular weight is 497 g/mol. The number of likely N-dealkylation sites (tertiary alicyclic amines) is 1. The highest BCUT2D eigenvalue weighted by molar-refractivity contribution is 5.84. The fourth-order valence-electron chi connectivity index (χ4n) is 7.39. The van der Waals surface area contributed by atoms with Crippen LogP contribution in [0, 0.1) is 23.2 Å². The second kappa shape index (κ2) is 8.94. The molecule has 1 spiro atoms. The van der Waals surface area contributed by atoms with Gasteiger partial charge < -0.3 is 19.5 Å². The van der Waals surface area contributed by atoms with E-state index in [9.17, 15) is 18.0 Å². The number of nitrogens with zero attached hydrogens (tertiary/aromatic N) is 2. The molecule has 7 rings (SSSR count). The molecular weight excluding hydrogens is 465 g/mol. The maximum Gasteiger partial charge on any atom is 0.490 e. The third-order valence-corrected chi connectivity index (χ3v) is 8.35. The Kier molecular flexibility index (Phi) is 6.22. The predicted molar refractivity (Wildman–Crippen MR) is 117 cm³/mol. The molecule has 6 fully saturated rings. The van der Waals surface area contributed by atoms with Crippen molar-refractivity contribution in [1.82, 2.24) is 9.88 Å². The van der Waals surface area contributed by atoms with Gasteiger partial charge in [-0.25, -0.2) is 9.78 Å². The largest absolute Gasteiger partial charge is 0.490 e. The number of aliphatic carboxylic acids is 1. The summed E-state index contributed by atoms with van der Waals surface area (Å²) in [4.78, 5) is 28.8. The summed E-state index contributed by atoms with van der Waals surface area (Å²) in [6.45, 7) is 2.20. The zero-order valence-electron chi connectivity index (χ0n) is 19.5. The molecule has 0 radical (unpaired) electrons. The molecule has 35 heavy (non-hydrogen) atoms. The Balaban J connectivity index is 0.000000320. The normalized spacial score (nSPS) is 34.5. The van der Waals surface area contributed by atoms with Crippen LogP contribution in [0.4, 0.5) is 13.2 Å². The Hall–Kier alpha value is -2.36. The number of ether oxygens (including phenoxy) is 2. The summed E-state index contributed by atoms with van der Waals surface area (Å²) in [7, 11) is 0. The molecule has 0 aromatic carbocycles. The van der Waals surface area contributed by atoms with E-state index in [1.165, 1.54) is 19.3 Å². The minimum Gasteiger partial charge on any atom is -0.475 e. The van der Waals surface area contributed by atoms with Crippen LogP contribution in [0.15, 0.2) is 24.4 Å². The zero-order chi connectivity index (χ0) is 24.8. The van der Waals surface area contributed by atoms with E-state index in [1.807, 2.05) is 18.2 Å². The molecule has 6 aliphatic rings. The number of carboxylic acids is 1. The first-order chi connectivity index (χ1) is 16.6. The summed E-state index contributed by atoms with van der Waals surface area (Å²) in [5, 5.41) is 7.12. The fraction of sp³-hybridized carbons (Fsp3) is 0.720. The second-order valence-corrected chi connectivity index (χ2v) is 11.1. The maximum atomic E-state index is 13.5. The van der Waals surface area contributed by atoms with Gasteiger partial charge in [0.1, 0.15) is 11.7 Å². The van der Waals surface area contributed by atoms with Crippen molar-refractivity contribution in [3.8, 4) is 5.88 Å². The van der Waals surface area contributed by atoms with Crippen molar-refractivity contribution in [1.29, 1.82) is 0 Å². The number of carboxylic acid groups (broad SMARTS) is 1. The summed E-state index contributed by atoms with van der Waals surface area (Å²) in [6, 6.07) is 5.76. The molecule has 192 valence electrons. The summed E-state index contributed by atoms with van der Waals surface area (Å²) < 4.78 is 44.0. The second-order valence-electron chi connectivity index (χ2n) is 11.1. The molecule has 2 aliphatic heterocycles. The number of carbonyl (C=O) groups excluding carboxylic acids is 1. The van der Waals surface area contributed by atoms with E-state index < -0.39 is 12.1 Å².